The van der Waals surface area contributed by atoms with Crippen LogP contribution in [-0.4, -0.2) is 42.5 Å². The second-order valence-electron chi connectivity index (χ2n) is 9.94. The zero-order chi connectivity index (χ0) is 24.9. The molecule has 0 bridgehead atoms. The molecule has 0 N–H and O–H groups in total. The third-order valence-electron chi connectivity index (χ3n) is 6.94. The quantitative estimate of drug-likeness (QED) is 0.269. The van der Waals surface area contributed by atoms with Gasteiger partial charge in [0.15, 0.2) is 0 Å². The van der Waals surface area contributed by atoms with Crippen molar-refractivity contribution in [2.24, 2.45) is 5.92 Å². The third kappa shape index (κ3) is 5.97. The maximum atomic E-state index is 12.8. The molecule has 1 aliphatic heterocycles. The molecule has 4 aromatic rings. The van der Waals surface area contributed by atoms with Crippen LogP contribution in [0.4, 0.5) is 0 Å². The Bertz CT molecular complexity index is 1310. The van der Waals surface area contributed by atoms with Gasteiger partial charge in [-0.15, -0.1) is 11.3 Å². The van der Waals surface area contributed by atoms with Crippen LogP contribution in [-0.2, 0) is 13.1 Å². The molecule has 0 radical (unpaired) electrons. The smallest absolute Gasteiger partial charge is 0.263 e. The number of fused-ring (bicyclic) bond motifs is 1. The van der Waals surface area contributed by atoms with Gasteiger partial charge < -0.3 is 9.64 Å². The summed E-state index contributed by atoms with van der Waals surface area (Å²) in [5.74, 6) is 1.43. The number of nitrogens with zero attached hydrogens (tertiary/aromatic N) is 2. The summed E-state index contributed by atoms with van der Waals surface area (Å²) in [5, 5.41) is 2.61. The van der Waals surface area contributed by atoms with Gasteiger partial charge in [0.05, 0.1) is 11.5 Å². The van der Waals surface area contributed by atoms with Crippen LogP contribution in [0.25, 0.3) is 10.8 Å². The summed E-state index contributed by atoms with van der Waals surface area (Å²) >= 11 is 1.58. The van der Waals surface area contributed by atoms with Gasteiger partial charge in [-0.05, 0) is 73.0 Å². The fourth-order valence-corrected chi connectivity index (χ4v) is 5.92. The second kappa shape index (κ2) is 11.3. The molecule has 2 heterocycles. The van der Waals surface area contributed by atoms with Gasteiger partial charge in [0.25, 0.3) is 5.91 Å². The Labute approximate surface area is 218 Å². The highest BCUT2D eigenvalue weighted by Crippen LogP contribution is 2.24. The van der Waals surface area contributed by atoms with Crippen LogP contribution in [0.15, 0.2) is 78.9 Å². The molecule has 5 rings (SSSR count). The number of carbonyl (C=O) groups is 1. The van der Waals surface area contributed by atoms with Crippen LogP contribution in [0.5, 0.6) is 5.75 Å². The number of likely N-dealkylation sites (tertiary alicyclic amines) is 1. The third-order valence-corrected chi connectivity index (χ3v) is 7.93. The summed E-state index contributed by atoms with van der Waals surface area (Å²) in [5.41, 5.74) is 2.62. The molecule has 1 aliphatic rings. The lowest BCUT2D eigenvalue weighted by atomic mass is 9.99. The van der Waals surface area contributed by atoms with Gasteiger partial charge >= 0.3 is 0 Å². The summed E-state index contributed by atoms with van der Waals surface area (Å²) < 4.78 is 6.14. The maximum Gasteiger partial charge on any atom is 0.263 e. The van der Waals surface area contributed by atoms with Crippen LogP contribution in [0.2, 0.25) is 0 Å². The highest BCUT2D eigenvalue weighted by molar-refractivity contribution is 7.13. The number of amides is 1. The van der Waals surface area contributed by atoms with Crippen molar-refractivity contribution in [3.8, 4) is 5.75 Å². The molecule has 1 saturated heterocycles. The molecule has 0 aliphatic carbocycles. The Hall–Kier alpha value is -3.15. The molecule has 36 heavy (non-hydrogen) atoms. The van der Waals surface area contributed by atoms with Crippen LogP contribution in [0.3, 0.4) is 0 Å². The number of piperidine rings is 1. The van der Waals surface area contributed by atoms with Crippen molar-refractivity contribution in [2.45, 2.75) is 32.9 Å². The zero-order valence-electron chi connectivity index (χ0n) is 21.2. The first-order valence-electron chi connectivity index (χ1n) is 12.8. The molecule has 186 valence electrons. The predicted octanol–water partition coefficient (Wildman–Crippen LogP) is 6.77. The van der Waals surface area contributed by atoms with E-state index in [1.165, 1.54) is 26.8 Å². The van der Waals surface area contributed by atoms with Crippen LogP contribution in [0, 0.1) is 12.8 Å². The van der Waals surface area contributed by atoms with Crippen molar-refractivity contribution in [3.63, 3.8) is 0 Å². The largest absolute Gasteiger partial charge is 0.493 e. The first-order valence-corrected chi connectivity index (χ1v) is 13.6. The molecule has 4 nitrogen and oxygen atoms in total. The van der Waals surface area contributed by atoms with E-state index in [0.29, 0.717) is 12.5 Å². The lowest BCUT2D eigenvalue weighted by Crippen LogP contribution is -2.41. The second-order valence-corrected chi connectivity index (χ2v) is 11.2. The normalized spacial score (nSPS) is 16.0. The number of aryl methyl sites for hydroxylation is 1. The SMILES string of the molecule is Cc1ccc(C(=O)N2CCCC(COc3ccc(CN(C)Cc4cccc5ccccc45)cc3)C2)s1. The number of hydrogen-bond acceptors (Lipinski definition) is 4. The lowest BCUT2D eigenvalue weighted by molar-refractivity contribution is 0.0638. The number of benzene rings is 3. The molecule has 5 heteroatoms. The topological polar surface area (TPSA) is 32.8 Å². The highest BCUT2D eigenvalue weighted by Gasteiger charge is 2.25. The van der Waals surface area contributed by atoms with Crippen LogP contribution in [0.1, 0.15) is 38.5 Å². The van der Waals surface area contributed by atoms with Gasteiger partial charge in [-0.1, -0.05) is 54.6 Å². The Morgan fingerprint density at radius 3 is 2.61 bits per heavy atom. The fraction of sp³-hybridized carbons (Fsp3) is 0.323. The van der Waals surface area contributed by atoms with E-state index in [2.05, 4.69) is 78.7 Å². The molecule has 1 unspecified atom stereocenters. The van der Waals surface area contributed by atoms with E-state index in [4.69, 9.17) is 4.74 Å². The van der Waals surface area contributed by atoms with Gasteiger partial charge in [0, 0.05) is 37.0 Å². The fourth-order valence-electron chi connectivity index (χ4n) is 5.08. The van der Waals surface area contributed by atoms with Crippen molar-refractivity contribution in [1.82, 2.24) is 9.80 Å². The first-order chi connectivity index (χ1) is 17.5. The molecule has 1 fully saturated rings. The average Bonchev–Trinajstić information content (AvgIpc) is 3.34. The molecular weight excluding hydrogens is 464 g/mol. The van der Waals surface area contributed by atoms with Crippen molar-refractivity contribution in [3.05, 3.63) is 99.7 Å². The summed E-state index contributed by atoms with van der Waals surface area (Å²) in [6.45, 7) is 6.09. The summed E-state index contributed by atoms with van der Waals surface area (Å²) in [6, 6.07) is 27.5. The van der Waals surface area contributed by atoms with Crippen molar-refractivity contribution in [1.29, 1.82) is 0 Å². The lowest BCUT2D eigenvalue weighted by Gasteiger charge is -2.32. The molecular formula is C31H34N2O2S. The van der Waals surface area contributed by atoms with Gasteiger partial charge in [-0.2, -0.15) is 0 Å². The summed E-state index contributed by atoms with van der Waals surface area (Å²) in [7, 11) is 2.17. The number of rotatable bonds is 8. The maximum absolute atomic E-state index is 12.8. The Morgan fingerprint density at radius 1 is 1.00 bits per heavy atom. The molecule has 3 aromatic carbocycles. The Morgan fingerprint density at radius 2 is 1.81 bits per heavy atom. The molecule has 1 atom stereocenters. The van der Waals surface area contributed by atoms with E-state index in [9.17, 15) is 4.79 Å². The highest BCUT2D eigenvalue weighted by atomic mass is 32.1. The first kappa shape index (κ1) is 24.5. The van der Waals surface area contributed by atoms with Crippen molar-refractivity contribution < 1.29 is 9.53 Å². The van der Waals surface area contributed by atoms with Gasteiger partial charge in [0.2, 0.25) is 0 Å². The van der Waals surface area contributed by atoms with Crippen molar-refractivity contribution in [2.75, 3.05) is 26.7 Å². The summed E-state index contributed by atoms with van der Waals surface area (Å²) in [6.07, 6.45) is 2.14. The molecule has 0 spiro atoms. The number of ether oxygens (including phenoxy) is 1. The Balaban J connectivity index is 1.12. The van der Waals surface area contributed by atoms with Crippen LogP contribution >= 0.6 is 11.3 Å². The molecule has 1 aromatic heterocycles. The number of thiophene rings is 1. The monoisotopic (exact) mass is 498 g/mol. The van der Waals surface area contributed by atoms with E-state index >= 15 is 0 Å². The molecule has 1 amide bonds. The van der Waals surface area contributed by atoms with Gasteiger partial charge in [-0.25, -0.2) is 0 Å². The van der Waals surface area contributed by atoms with E-state index in [0.717, 1.165) is 49.6 Å². The summed E-state index contributed by atoms with van der Waals surface area (Å²) in [4.78, 5) is 19.2. The zero-order valence-corrected chi connectivity index (χ0v) is 22.0. The number of hydrogen-bond donors (Lipinski definition) is 0. The number of carbonyl (C=O) groups excluding carboxylic acids is 1. The van der Waals surface area contributed by atoms with Crippen LogP contribution < -0.4 is 4.74 Å². The van der Waals surface area contributed by atoms with E-state index in [-0.39, 0.29) is 5.91 Å². The molecule has 0 saturated carbocycles. The van der Waals surface area contributed by atoms with Crippen molar-refractivity contribution >= 4 is 28.0 Å². The van der Waals surface area contributed by atoms with E-state index < -0.39 is 0 Å². The standard InChI is InChI=1S/C31H34N2O2S/c1-23-12-17-30(36-23)31(34)33-18-6-7-25(20-33)22-35-28-15-13-24(14-16-28)19-32(2)21-27-10-5-9-26-8-3-4-11-29(26)27/h3-5,8-17,25H,6-7,18-22H2,1-2H3. The minimum atomic E-state index is 0.162. The van der Waals surface area contributed by atoms with E-state index in [1.54, 1.807) is 11.3 Å². The van der Waals surface area contributed by atoms with Gasteiger partial charge in [0.1, 0.15) is 5.75 Å². The average molecular weight is 499 g/mol. The van der Waals surface area contributed by atoms with Gasteiger partial charge in [-0.3, -0.25) is 9.69 Å². The predicted molar refractivity (Wildman–Crippen MR) is 149 cm³/mol. The Kier molecular flexibility index (Phi) is 7.69. The minimum Gasteiger partial charge on any atom is -0.493 e. The minimum absolute atomic E-state index is 0.162. The van der Waals surface area contributed by atoms with E-state index in [1.807, 2.05) is 24.0 Å².